The number of rotatable bonds is 6. The van der Waals surface area contributed by atoms with Crippen LogP contribution in [0.5, 0.6) is 5.75 Å². The second-order valence-corrected chi connectivity index (χ2v) is 5.81. The molecule has 1 N–H and O–H groups in total. The molecule has 1 aromatic carbocycles. The molecule has 0 atom stereocenters. The maximum Gasteiger partial charge on any atom is 0.140 e. The van der Waals surface area contributed by atoms with Gasteiger partial charge in [-0.3, -0.25) is 0 Å². The van der Waals surface area contributed by atoms with Gasteiger partial charge in [-0.1, -0.05) is 13.0 Å². The van der Waals surface area contributed by atoms with E-state index in [2.05, 4.69) is 49.3 Å². The van der Waals surface area contributed by atoms with E-state index in [9.17, 15) is 0 Å². The number of aromatic nitrogens is 1. The number of hydrogen-bond donors (Lipinski definition) is 1. The molecule has 3 nitrogen and oxygen atoms in total. The van der Waals surface area contributed by atoms with Crippen molar-refractivity contribution in [2.45, 2.75) is 33.9 Å². The molecule has 19 heavy (non-hydrogen) atoms. The fourth-order valence-electron chi connectivity index (χ4n) is 1.91. The summed E-state index contributed by atoms with van der Waals surface area (Å²) in [5.41, 5.74) is 2.45. The fraction of sp³-hybridized carbons (Fsp3) is 0.400. The summed E-state index contributed by atoms with van der Waals surface area (Å²) in [6.07, 6.45) is 1.92. The summed E-state index contributed by atoms with van der Waals surface area (Å²) in [5, 5.41) is 4.32. The van der Waals surface area contributed by atoms with Crippen molar-refractivity contribution in [3.8, 4) is 5.75 Å². The van der Waals surface area contributed by atoms with Crippen molar-refractivity contribution >= 4 is 11.3 Å². The van der Waals surface area contributed by atoms with Crippen molar-refractivity contribution in [2.75, 3.05) is 6.54 Å². The molecule has 0 unspecified atom stereocenters. The highest BCUT2D eigenvalue weighted by molar-refractivity contribution is 7.11. The minimum Gasteiger partial charge on any atom is -0.486 e. The molecule has 2 aromatic rings. The predicted octanol–water partition coefficient (Wildman–Crippen LogP) is 3.45. The smallest absolute Gasteiger partial charge is 0.140 e. The zero-order valence-corrected chi connectivity index (χ0v) is 12.5. The SMILES string of the molecule is CCNCc1cnc(COc2cc(C)cc(C)c2)s1. The minimum absolute atomic E-state index is 0.541. The number of thiazole rings is 1. The van der Waals surface area contributed by atoms with Crippen LogP contribution < -0.4 is 10.1 Å². The zero-order chi connectivity index (χ0) is 13.7. The van der Waals surface area contributed by atoms with Crippen molar-refractivity contribution in [1.29, 1.82) is 0 Å². The van der Waals surface area contributed by atoms with Gasteiger partial charge in [0.05, 0.1) is 0 Å². The van der Waals surface area contributed by atoms with Gasteiger partial charge in [-0.25, -0.2) is 4.98 Å². The van der Waals surface area contributed by atoms with Gasteiger partial charge in [0.1, 0.15) is 17.4 Å². The van der Waals surface area contributed by atoms with Gasteiger partial charge in [-0.15, -0.1) is 11.3 Å². The van der Waals surface area contributed by atoms with Crippen LogP contribution in [0.4, 0.5) is 0 Å². The average Bonchev–Trinajstić information content (AvgIpc) is 2.81. The summed E-state index contributed by atoms with van der Waals surface area (Å²) in [6, 6.07) is 6.26. The molecule has 0 amide bonds. The molecule has 0 bridgehead atoms. The van der Waals surface area contributed by atoms with Crippen molar-refractivity contribution in [2.24, 2.45) is 0 Å². The first kappa shape index (κ1) is 14.0. The number of ether oxygens (including phenoxy) is 1. The first-order valence-corrected chi connectivity index (χ1v) is 7.34. The zero-order valence-electron chi connectivity index (χ0n) is 11.7. The molecule has 0 aliphatic carbocycles. The van der Waals surface area contributed by atoms with Gasteiger partial charge in [0.15, 0.2) is 0 Å². The summed E-state index contributed by atoms with van der Waals surface area (Å²) < 4.78 is 5.80. The van der Waals surface area contributed by atoms with Crippen LogP contribution in [0.25, 0.3) is 0 Å². The second-order valence-electron chi connectivity index (χ2n) is 4.61. The summed E-state index contributed by atoms with van der Waals surface area (Å²) in [4.78, 5) is 5.63. The Balaban J connectivity index is 1.92. The Morgan fingerprint density at radius 2 is 1.95 bits per heavy atom. The molecule has 0 aliphatic heterocycles. The van der Waals surface area contributed by atoms with E-state index in [-0.39, 0.29) is 0 Å². The third-order valence-corrected chi connectivity index (χ3v) is 3.68. The second kappa shape index (κ2) is 6.68. The summed E-state index contributed by atoms with van der Waals surface area (Å²) in [7, 11) is 0. The van der Waals surface area contributed by atoms with Crippen LogP contribution in [0.15, 0.2) is 24.4 Å². The molecule has 4 heteroatoms. The summed E-state index contributed by atoms with van der Waals surface area (Å²) in [6.45, 7) is 8.67. The van der Waals surface area contributed by atoms with Crippen molar-refractivity contribution in [3.63, 3.8) is 0 Å². The van der Waals surface area contributed by atoms with Crippen LogP contribution in [0.3, 0.4) is 0 Å². The van der Waals surface area contributed by atoms with Crippen molar-refractivity contribution in [3.05, 3.63) is 45.4 Å². The van der Waals surface area contributed by atoms with Crippen molar-refractivity contribution in [1.82, 2.24) is 10.3 Å². The summed E-state index contributed by atoms with van der Waals surface area (Å²) >= 11 is 1.70. The van der Waals surface area contributed by atoms with Crippen LogP contribution in [-0.2, 0) is 13.2 Å². The number of hydrogen-bond acceptors (Lipinski definition) is 4. The molecule has 0 aliphatic rings. The highest BCUT2D eigenvalue weighted by Gasteiger charge is 2.03. The Hall–Kier alpha value is -1.39. The molecular formula is C15H20N2OS. The van der Waals surface area contributed by atoms with Gasteiger partial charge in [-0.2, -0.15) is 0 Å². The largest absolute Gasteiger partial charge is 0.486 e. The Morgan fingerprint density at radius 3 is 2.63 bits per heavy atom. The number of benzene rings is 1. The Bertz CT molecular complexity index is 516. The fourth-order valence-corrected chi connectivity index (χ4v) is 2.71. The topological polar surface area (TPSA) is 34.2 Å². The molecule has 0 saturated heterocycles. The van der Waals surface area contributed by atoms with Crippen molar-refractivity contribution < 1.29 is 4.74 Å². The van der Waals surface area contributed by atoms with Gasteiger partial charge in [0.2, 0.25) is 0 Å². The lowest BCUT2D eigenvalue weighted by Crippen LogP contribution is -2.10. The maximum atomic E-state index is 5.80. The van der Waals surface area contributed by atoms with Crippen LogP contribution in [0.2, 0.25) is 0 Å². The van der Waals surface area contributed by atoms with Gasteiger partial charge in [-0.05, 0) is 43.7 Å². The van der Waals surface area contributed by atoms with E-state index >= 15 is 0 Å². The number of aryl methyl sites for hydroxylation is 2. The van der Waals surface area contributed by atoms with E-state index in [0.29, 0.717) is 6.61 Å². The third-order valence-electron chi connectivity index (χ3n) is 2.71. The molecule has 0 radical (unpaired) electrons. The molecule has 0 fully saturated rings. The third kappa shape index (κ3) is 4.33. The number of nitrogens with one attached hydrogen (secondary N) is 1. The Labute approximate surface area is 118 Å². The summed E-state index contributed by atoms with van der Waals surface area (Å²) in [5.74, 6) is 0.918. The lowest BCUT2D eigenvalue weighted by molar-refractivity contribution is 0.305. The maximum absolute atomic E-state index is 5.80. The predicted molar refractivity (Wildman–Crippen MR) is 79.7 cm³/mol. The minimum atomic E-state index is 0.541. The lowest BCUT2D eigenvalue weighted by Gasteiger charge is -2.06. The van der Waals surface area contributed by atoms with E-state index in [4.69, 9.17) is 4.74 Å². The standard InChI is InChI=1S/C15H20N2OS/c1-4-16-8-14-9-17-15(19-14)10-18-13-6-11(2)5-12(3)7-13/h5-7,9,16H,4,8,10H2,1-3H3. The first-order chi connectivity index (χ1) is 9.17. The van der Waals surface area contributed by atoms with Crippen LogP contribution >= 0.6 is 11.3 Å². The molecular weight excluding hydrogens is 256 g/mol. The molecule has 1 aromatic heterocycles. The van der Waals surface area contributed by atoms with Gasteiger partial charge in [0, 0.05) is 17.6 Å². The van der Waals surface area contributed by atoms with Gasteiger partial charge < -0.3 is 10.1 Å². The van der Waals surface area contributed by atoms with Crippen LogP contribution in [-0.4, -0.2) is 11.5 Å². The molecule has 0 saturated carbocycles. The van der Waals surface area contributed by atoms with E-state index in [1.807, 2.05) is 6.20 Å². The molecule has 2 rings (SSSR count). The highest BCUT2D eigenvalue weighted by atomic mass is 32.1. The van der Waals surface area contributed by atoms with Crippen LogP contribution in [0, 0.1) is 13.8 Å². The molecule has 1 heterocycles. The van der Waals surface area contributed by atoms with E-state index < -0.39 is 0 Å². The average molecular weight is 276 g/mol. The lowest BCUT2D eigenvalue weighted by atomic mass is 10.1. The number of nitrogens with zero attached hydrogens (tertiary/aromatic N) is 1. The monoisotopic (exact) mass is 276 g/mol. The molecule has 102 valence electrons. The van der Waals surface area contributed by atoms with Gasteiger partial charge in [0.25, 0.3) is 0 Å². The molecule has 0 spiro atoms. The normalized spacial score (nSPS) is 10.7. The highest BCUT2D eigenvalue weighted by Crippen LogP contribution is 2.19. The quantitative estimate of drug-likeness (QED) is 0.877. The van der Waals surface area contributed by atoms with Crippen LogP contribution in [0.1, 0.15) is 27.9 Å². The Morgan fingerprint density at radius 1 is 1.21 bits per heavy atom. The van der Waals surface area contributed by atoms with E-state index in [0.717, 1.165) is 23.8 Å². The Kier molecular flexibility index (Phi) is 4.93. The van der Waals surface area contributed by atoms with Gasteiger partial charge >= 0.3 is 0 Å². The first-order valence-electron chi connectivity index (χ1n) is 6.52. The van der Waals surface area contributed by atoms with E-state index in [1.165, 1.54) is 16.0 Å². The van der Waals surface area contributed by atoms with E-state index in [1.54, 1.807) is 11.3 Å².